The zero-order valence-electron chi connectivity index (χ0n) is 7.36. The van der Waals surface area contributed by atoms with Gasteiger partial charge in [0.25, 0.3) is 0 Å². The first-order valence-corrected chi connectivity index (χ1v) is 4.24. The lowest BCUT2D eigenvalue weighted by molar-refractivity contribution is -0.142. The smallest absolute Gasteiger partial charge is 0.306 e. The molecular formula is C8H17NO3. The fourth-order valence-corrected chi connectivity index (χ4v) is 1.08. The Kier molecular flexibility index (Phi) is 5.66. The quantitative estimate of drug-likeness (QED) is 0.514. The van der Waals surface area contributed by atoms with Gasteiger partial charge in [0, 0.05) is 0 Å². The van der Waals surface area contributed by atoms with Crippen molar-refractivity contribution in [3.63, 3.8) is 0 Å². The normalized spacial score (nSPS) is 15.6. The van der Waals surface area contributed by atoms with Crippen molar-refractivity contribution in [3.8, 4) is 0 Å². The van der Waals surface area contributed by atoms with Gasteiger partial charge in [-0.25, -0.2) is 0 Å². The second-order valence-electron chi connectivity index (χ2n) is 2.94. The van der Waals surface area contributed by atoms with Crippen LogP contribution in [0.25, 0.3) is 0 Å². The summed E-state index contributed by atoms with van der Waals surface area (Å²) in [6.07, 6.45) is 1.57. The minimum atomic E-state index is -0.809. The van der Waals surface area contributed by atoms with Gasteiger partial charge in [-0.2, -0.15) is 0 Å². The Bertz CT molecular complexity index is 136. The average molecular weight is 175 g/mol. The Balaban J connectivity index is 3.52. The predicted molar refractivity (Wildman–Crippen MR) is 45.5 cm³/mol. The van der Waals surface area contributed by atoms with Gasteiger partial charge >= 0.3 is 5.97 Å². The monoisotopic (exact) mass is 175 g/mol. The number of nitrogens with two attached hydrogens (primary N) is 1. The summed E-state index contributed by atoms with van der Waals surface area (Å²) in [6, 6.07) is 0. The molecule has 0 aliphatic heterocycles. The zero-order chi connectivity index (χ0) is 9.56. The Labute approximate surface area is 72.4 Å². The van der Waals surface area contributed by atoms with E-state index in [0.717, 1.165) is 0 Å². The van der Waals surface area contributed by atoms with Crippen LogP contribution >= 0.6 is 0 Å². The van der Waals surface area contributed by atoms with E-state index in [9.17, 15) is 4.79 Å². The molecule has 0 aromatic carbocycles. The van der Waals surface area contributed by atoms with Crippen molar-refractivity contribution < 1.29 is 15.0 Å². The lowest BCUT2D eigenvalue weighted by atomic mass is 9.99. The van der Waals surface area contributed by atoms with E-state index >= 15 is 0 Å². The van der Waals surface area contributed by atoms with Crippen molar-refractivity contribution in [1.29, 1.82) is 0 Å². The van der Waals surface area contributed by atoms with Gasteiger partial charge in [-0.15, -0.1) is 0 Å². The molecule has 72 valence electrons. The summed E-state index contributed by atoms with van der Waals surface area (Å²) >= 11 is 0. The maximum absolute atomic E-state index is 10.5. The molecule has 0 aliphatic rings. The molecule has 0 rings (SSSR count). The van der Waals surface area contributed by atoms with E-state index in [2.05, 4.69) is 0 Å². The van der Waals surface area contributed by atoms with E-state index in [0.29, 0.717) is 25.7 Å². The molecule has 0 aromatic rings. The summed E-state index contributed by atoms with van der Waals surface area (Å²) in [7, 11) is 0. The van der Waals surface area contributed by atoms with E-state index in [1.807, 2.05) is 6.92 Å². The van der Waals surface area contributed by atoms with Crippen molar-refractivity contribution >= 4 is 5.97 Å². The van der Waals surface area contributed by atoms with Crippen LogP contribution in [0.2, 0.25) is 0 Å². The molecule has 0 spiro atoms. The van der Waals surface area contributed by atoms with Crippen LogP contribution in [-0.2, 0) is 4.79 Å². The molecule has 0 amide bonds. The van der Waals surface area contributed by atoms with Crippen LogP contribution in [0.5, 0.6) is 0 Å². The highest BCUT2D eigenvalue weighted by Crippen LogP contribution is 2.12. The molecule has 12 heavy (non-hydrogen) atoms. The minimum absolute atomic E-state index is 0.288. The summed E-state index contributed by atoms with van der Waals surface area (Å²) in [5.41, 5.74) is 5.10. The van der Waals surface area contributed by atoms with Crippen LogP contribution in [-0.4, -0.2) is 22.4 Å². The maximum Gasteiger partial charge on any atom is 0.306 e. The summed E-state index contributed by atoms with van der Waals surface area (Å²) < 4.78 is 0. The Hall–Kier alpha value is -0.610. The van der Waals surface area contributed by atoms with Crippen LogP contribution < -0.4 is 5.73 Å². The first-order valence-electron chi connectivity index (χ1n) is 4.24. The van der Waals surface area contributed by atoms with Crippen molar-refractivity contribution in [3.05, 3.63) is 0 Å². The average Bonchev–Trinajstić information content (AvgIpc) is 1.96. The fraction of sp³-hybridized carbons (Fsp3) is 0.875. The topological polar surface area (TPSA) is 83.5 Å². The van der Waals surface area contributed by atoms with Gasteiger partial charge in [0.05, 0.1) is 5.92 Å². The van der Waals surface area contributed by atoms with Crippen LogP contribution in [0.1, 0.15) is 32.6 Å². The van der Waals surface area contributed by atoms with Gasteiger partial charge in [0.15, 0.2) is 0 Å². The number of rotatable bonds is 6. The first kappa shape index (κ1) is 11.4. The lowest BCUT2D eigenvalue weighted by Crippen LogP contribution is -2.19. The highest BCUT2D eigenvalue weighted by molar-refractivity contribution is 5.69. The van der Waals surface area contributed by atoms with Crippen molar-refractivity contribution in [2.24, 2.45) is 11.7 Å². The number of carboxylic acids is 1. The molecule has 0 aliphatic carbocycles. The van der Waals surface area contributed by atoms with Gasteiger partial charge in [-0.1, -0.05) is 6.92 Å². The Morgan fingerprint density at radius 2 is 2.08 bits per heavy atom. The summed E-state index contributed by atoms with van der Waals surface area (Å²) in [4.78, 5) is 10.5. The third kappa shape index (κ3) is 5.09. The molecule has 0 fully saturated rings. The van der Waals surface area contributed by atoms with Gasteiger partial charge in [0.2, 0.25) is 0 Å². The Morgan fingerprint density at radius 3 is 2.42 bits per heavy atom. The molecule has 4 heteroatoms. The molecule has 4 nitrogen and oxygen atoms in total. The van der Waals surface area contributed by atoms with E-state index in [1.54, 1.807) is 0 Å². The van der Waals surface area contributed by atoms with E-state index in [4.69, 9.17) is 15.9 Å². The minimum Gasteiger partial charge on any atom is -0.481 e. The number of hydrogen-bond donors (Lipinski definition) is 3. The third-order valence-corrected chi connectivity index (χ3v) is 1.89. The maximum atomic E-state index is 10.5. The van der Waals surface area contributed by atoms with Crippen molar-refractivity contribution in [2.45, 2.75) is 38.8 Å². The van der Waals surface area contributed by atoms with Gasteiger partial charge < -0.3 is 15.9 Å². The van der Waals surface area contributed by atoms with E-state index in [1.165, 1.54) is 0 Å². The van der Waals surface area contributed by atoms with Crippen LogP contribution in [0.4, 0.5) is 0 Å². The SMILES string of the molecule is CCC(CCCC(N)O)C(=O)O. The molecule has 2 unspecified atom stereocenters. The highest BCUT2D eigenvalue weighted by Gasteiger charge is 2.14. The number of carboxylic acid groups (broad SMARTS) is 1. The standard InChI is InChI=1S/C8H17NO3/c1-2-6(8(11)12)4-3-5-7(9)10/h6-7,10H,2-5,9H2,1H3,(H,11,12). The molecule has 0 radical (unpaired) electrons. The zero-order valence-corrected chi connectivity index (χ0v) is 7.36. The van der Waals surface area contributed by atoms with Gasteiger partial charge in [-0.05, 0) is 25.7 Å². The Morgan fingerprint density at radius 1 is 1.50 bits per heavy atom. The number of hydrogen-bond acceptors (Lipinski definition) is 3. The summed E-state index contributed by atoms with van der Waals surface area (Å²) in [6.45, 7) is 1.84. The third-order valence-electron chi connectivity index (χ3n) is 1.89. The molecule has 0 saturated heterocycles. The summed E-state index contributed by atoms with van der Waals surface area (Å²) in [5.74, 6) is -1.05. The predicted octanol–water partition coefficient (Wildman–Crippen LogP) is 0.545. The second-order valence-corrected chi connectivity index (χ2v) is 2.94. The van der Waals surface area contributed by atoms with Gasteiger partial charge in [-0.3, -0.25) is 4.79 Å². The summed E-state index contributed by atoms with van der Waals surface area (Å²) in [5, 5.41) is 17.4. The number of carbonyl (C=O) groups is 1. The highest BCUT2D eigenvalue weighted by atomic mass is 16.4. The molecule has 0 saturated carbocycles. The van der Waals surface area contributed by atoms with E-state index < -0.39 is 12.2 Å². The number of aliphatic hydroxyl groups excluding tert-OH is 1. The van der Waals surface area contributed by atoms with Crippen LogP contribution in [0, 0.1) is 5.92 Å². The van der Waals surface area contributed by atoms with E-state index in [-0.39, 0.29) is 5.92 Å². The van der Waals surface area contributed by atoms with Crippen molar-refractivity contribution in [1.82, 2.24) is 0 Å². The second kappa shape index (κ2) is 5.97. The number of aliphatic hydroxyl groups is 1. The van der Waals surface area contributed by atoms with Crippen LogP contribution in [0.15, 0.2) is 0 Å². The molecule has 0 aromatic heterocycles. The van der Waals surface area contributed by atoms with Crippen LogP contribution in [0.3, 0.4) is 0 Å². The molecule has 0 heterocycles. The van der Waals surface area contributed by atoms with Gasteiger partial charge in [0.1, 0.15) is 6.23 Å². The first-order chi connectivity index (χ1) is 5.57. The fourth-order valence-electron chi connectivity index (χ4n) is 1.08. The molecule has 4 N–H and O–H groups in total. The molecule has 0 bridgehead atoms. The van der Waals surface area contributed by atoms with Crippen molar-refractivity contribution in [2.75, 3.05) is 0 Å². The number of aliphatic carboxylic acids is 1. The largest absolute Gasteiger partial charge is 0.481 e. The molecule has 2 atom stereocenters. The molecular weight excluding hydrogens is 158 g/mol. The lowest BCUT2D eigenvalue weighted by Gasteiger charge is -2.09.